The molecule has 28 heavy (non-hydrogen) atoms. The van der Waals surface area contributed by atoms with Gasteiger partial charge in [0.25, 0.3) is 0 Å². The Kier molecular flexibility index (Phi) is 20.2. The van der Waals surface area contributed by atoms with Gasteiger partial charge in [0, 0.05) is 5.54 Å². The Hall–Kier alpha value is -0.0400. The highest BCUT2D eigenvalue weighted by Crippen LogP contribution is 2.33. The first-order valence-electron chi connectivity index (χ1n) is 13.3. The molecule has 0 saturated carbocycles. The van der Waals surface area contributed by atoms with E-state index in [1.165, 1.54) is 135 Å². The van der Waals surface area contributed by atoms with Gasteiger partial charge in [-0.25, -0.2) is 0 Å². The molecule has 0 saturated heterocycles. The van der Waals surface area contributed by atoms with Crippen molar-refractivity contribution in [1.82, 2.24) is 4.90 Å². The fourth-order valence-corrected chi connectivity index (χ4v) is 4.75. The molecule has 0 aromatic rings. The molecule has 1 heteroatoms. The number of rotatable bonds is 22. The summed E-state index contributed by atoms with van der Waals surface area (Å²) in [5.74, 6) is 0. The van der Waals surface area contributed by atoms with Crippen molar-refractivity contribution in [2.75, 3.05) is 14.1 Å². The summed E-state index contributed by atoms with van der Waals surface area (Å²) < 4.78 is 0. The van der Waals surface area contributed by atoms with E-state index < -0.39 is 0 Å². The van der Waals surface area contributed by atoms with Gasteiger partial charge in [0.1, 0.15) is 0 Å². The zero-order chi connectivity index (χ0) is 20.9. The molecule has 0 N–H and O–H groups in total. The van der Waals surface area contributed by atoms with E-state index in [1.54, 1.807) is 0 Å². The van der Waals surface area contributed by atoms with E-state index in [0.29, 0.717) is 5.54 Å². The quantitative estimate of drug-likeness (QED) is 0.165. The lowest BCUT2D eigenvalue weighted by molar-refractivity contribution is 0.104. The fraction of sp³-hybridized carbons (Fsp3) is 1.00. The summed E-state index contributed by atoms with van der Waals surface area (Å²) in [7, 11) is 4.73. The lowest BCUT2D eigenvalue weighted by Gasteiger charge is -2.41. The molecule has 0 heterocycles. The number of nitrogens with zero attached hydrogens (tertiary/aromatic N) is 1. The fourth-order valence-electron chi connectivity index (χ4n) is 4.75. The monoisotopic (exact) mass is 395 g/mol. The van der Waals surface area contributed by atoms with Gasteiger partial charge < -0.3 is 4.90 Å². The van der Waals surface area contributed by atoms with Crippen molar-refractivity contribution < 1.29 is 0 Å². The topological polar surface area (TPSA) is 3.24 Å². The van der Waals surface area contributed by atoms with Crippen LogP contribution in [0.4, 0.5) is 0 Å². The summed E-state index contributed by atoms with van der Waals surface area (Å²) in [6, 6.07) is 0. The first-order chi connectivity index (χ1) is 13.6. The number of hydrogen-bond donors (Lipinski definition) is 0. The van der Waals surface area contributed by atoms with Crippen molar-refractivity contribution in [2.45, 2.75) is 161 Å². The Morgan fingerprint density at radius 3 is 0.893 bits per heavy atom. The Morgan fingerprint density at radius 2 is 0.643 bits per heavy atom. The van der Waals surface area contributed by atoms with Crippen LogP contribution in [0.1, 0.15) is 156 Å². The van der Waals surface area contributed by atoms with E-state index in [2.05, 4.69) is 39.8 Å². The highest BCUT2D eigenvalue weighted by molar-refractivity contribution is 4.88. The third kappa shape index (κ3) is 14.9. The van der Waals surface area contributed by atoms with Crippen LogP contribution in [0.5, 0.6) is 0 Å². The van der Waals surface area contributed by atoms with Crippen molar-refractivity contribution in [3.63, 3.8) is 0 Å². The molecular weight excluding hydrogens is 338 g/mol. The first kappa shape index (κ1) is 28.0. The average Bonchev–Trinajstić information content (AvgIpc) is 2.69. The van der Waals surface area contributed by atoms with Gasteiger partial charge in [0.15, 0.2) is 0 Å². The van der Waals surface area contributed by atoms with Crippen LogP contribution in [0.15, 0.2) is 0 Å². The predicted octanol–water partition coefficient (Wildman–Crippen LogP) is 9.54. The van der Waals surface area contributed by atoms with Gasteiger partial charge in [0.05, 0.1) is 0 Å². The van der Waals surface area contributed by atoms with Crippen LogP contribution < -0.4 is 0 Å². The highest BCUT2D eigenvalue weighted by Gasteiger charge is 2.30. The molecule has 170 valence electrons. The number of unbranched alkanes of at least 4 members (excludes halogenated alkanes) is 15. The van der Waals surface area contributed by atoms with Crippen LogP contribution in [0, 0.1) is 0 Å². The third-order valence-corrected chi connectivity index (χ3v) is 6.94. The Bertz CT molecular complexity index is 256. The average molecular weight is 396 g/mol. The predicted molar refractivity (Wildman–Crippen MR) is 130 cm³/mol. The normalized spacial score (nSPS) is 12.2. The van der Waals surface area contributed by atoms with Crippen molar-refractivity contribution in [1.29, 1.82) is 0 Å². The second kappa shape index (κ2) is 20.2. The Morgan fingerprint density at radius 1 is 0.393 bits per heavy atom. The smallest absolute Gasteiger partial charge is 0.0203 e. The van der Waals surface area contributed by atoms with Crippen LogP contribution in [-0.2, 0) is 0 Å². The van der Waals surface area contributed by atoms with Gasteiger partial charge in [-0.2, -0.15) is 0 Å². The largest absolute Gasteiger partial charge is 0.304 e. The lowest BCUT2D eigenvalue weighted by Crippen LogP contribution is -2.44. The van der Waals surface area contributed by atoms with E-state index >= 15 is 0 Å². The van der Waals surface area contributed by atoms with Gasteiger partial charge in [-0.15, -0.1) is 0 Å². The molecule has 1 nitrogen and oxygen atoms in total. The maximum Gasteiger partial charge on any atom is 0.0203 e. The second-order valence-electron chi connectivity index (χ2n) is 9.67. The van der Waals surface area contributed by atoms with Crippen molar-refractivity contribution in [2.24, 2.45) is 0 Å². The lowest BCUT2D eigenvalue weighted by atomic mass is 9.80. The van der Waals surface area contributed by atoms with Crippen LogP contribution >= 0.6 is 0 Å². The second-order valence-corrected chi connectivity index (χ2v) is 9.67. The van der Waals surface area contributed by atoms with Crippen molar-refractivity contribution in [3.05, 3.63) is 0 Å². The van der Waals surface area contributed by atoms with E-state index in [9.17, 15) is 0 Å². The van der Waals surface area contributed by atoms with E-state index in [0.717, 1.165) is 0 Å². The van der Waals surface area contributed by atoms with Crippen LogP contribution in [0.3, 0.4) is 0 Å². The van der Waals surface area contributed by atoms with Crippen LogP contribution in [-0.4, -0.2) is 24.5 Å². The zero-order valence-corrected chi connectivity index (χ0v) is 20.8. The molecule has 0 fully saturated rings. The van der Waals surface area contributed by atoms with Gasteiger partial charge in [-0.1, -0.05) is 136 Å². The standard InChI is InChI=1S/C27H57N/c1-6-9-12-15-18-21-24-27(28(4)5,25-22-19-16-13-10-7-2)26-23-20-17-14-11-8-3/h6-26H2,1-5H3. The first-order valence-corrected chi connectivity index (χ1v) is 13.3. The highest BCUT2D eigenvalue weighted by atomic mass is 15.1. The minimum atomic E-state index is 0.472. The molecule has 0 rings (SSSR count). The minimum Gasteiger partial charge on any atom is -0.304 e. The molecule has 0 radical (unpaired) electrons. The molecule has 0 amide bonds. The van der Waals surface area contributed by atoms with Gasteiger partial charge in [-0.05, 0) is 33.4 Å². The number of hydrogen-bond acceptors (Lipinski definition) is 1. The third-order valence-electron chi connectivity index (χ3n) is 6.94. The Labute approximate surface area is 180 Å². The molecule has 0 spiro atoms. The molecule has 0 aliphatic rings. The maximum absolute atomic E-state index is 2.62. The Balaban J connectivity index is 4.45. The molecule has 0 atom stereocenters. The van der Waals surface area contributed by atoms with E-state index in [-0.39, 0.29) is 0 Å². The molecule has 0 aliphatic carbocycles. The zero-order valence-electron chi connectivity index (χ0n) is 20.8. The molecule has 0 aromatic heterocycles. The van der Waals surface area contributed by atoms with Gasteiger partial charge in [0.2, 0.25) is 0 Å². The van der Waals surface area contributed by atoms with Crippen molar-refractivity contribution >= 4 is 0 Å². The summed E-state index contributed by atoms with van der Waals surface area (Å²) >= 11 is 0. The van der Waals surface area contributed by atoms with E-state index in [4.69, 9.17) is 0 Å². The summed E-state index contributed by atoms with van der Waals surface area (Å²) in [5.41, 5.74) is 0.472. The van der Waals surface area contributed by atoms with Crippen LogP contribution in [0.25, 0.3) is 0 Å². The summed E-state index contributed by atoms with van der Waals surface area (Å²) in [6.07, 6.45) is 30.0. The van der Waals surface area contributed by atoms with E-state index in [1.807, 2.05) is 0 Å². The molecule has 0 bridgehead atoms. The van der Waals surface area contributed by atoms with Crippen LogP contribution in [0.2, 0.25) is 0 Å². The maximum atomic E-state index is 2.62. The summed E-state index contributed by atoms with van der Waals surface area (Å²) in [4.78, 5) is 2.62. The summed E-state index contributed by atoms with van der Waals surface area (Å²) in [5, 5.41) is 0. The molecule has 0 aliphatic heterocycles. The molecule has 0 unspecified atom stereocenters. The minimum absolute atomic E-state index is 0.472. The SMILES string of the molecule is CCCCCCCCC(CCCCCCCC)(CCCCCCCC)N(C)C. The van der Waals surface area contributed by atoms with Gasteiger partial charge in [-0.3, -0.25) is 0 Å². The molecular formula is C27H57N. The van der Waals surface area contributed by atoms with Crippen molar-refractivity contribution in [3.8, 4) is 0 Å². The summed E-state index contributed by atoms with van der Waals surface area (Å²) in [6.45, 7) is 6.95. The molecule has 0 aromatic carbocycles. The van der Waals surface area contributed by atoms with Gasteiger partial charge >= 0.3 is 0 Å².